The van der Waals surface area contributed by atoms with Crippen LogP contribution in [-0.4, -0.2) is 43.2 Å². The van der Waals surface area contributed by atoms with E-state index in [0.717, 1.165) is 5.56 Å². The van der Waals surface area contributed by atoms with Crippen molar-refractivity contribution in [2.45, 2.75) is 82.8 Å². The van der Waals surface area contributed by atoms with E-state index in [1.165, 1.54) is 18.3 Å². The lowest BCUT2D eigenvalue weighted by molar-refractivity contribution is -0.184. The molecule has 8 nitrogen and oxygen atoms in total. The van der Waals surface area contributed by atoms with Crippen LogP contribution in [0.4, 0.5) is 30.4 Å². The Hall–Kier alpha value is -3.15. The van der Waals surface area contributed by atoms with E-state index in [4.69, 9.17) is 0 Å². The summed E-state index contributed by atoms with van der Waals surface area (Å²) in [4.78, 5) is 30.0. The summed E-state index contributed by atoms with van der Waals surface area (Å²) in [6.45, 7) is 5.40. The normalized spacial score (nSPS) is 17.9. The molecule has 40 heavy (non-hydrogen) atoms. The molecular weight excluding hydrogens is 545 g/mol. The minimum atomic E-state index is -4.19. The number of pyridine rings is 1. The number of amides is 2. The first-order valence-corrected chi connectivity index (χ1v) is 15.2. The number of nitrogens with zero attached hydrogens (tertiary/aromatic N) is 1. The van der Waals surface area contributed by atoms with Gasteiger partial charge in [0.05, 0.1) is 34.1 Å². The predicted molar refractivity (Wildman–Crippen MR) is 149 cm³/mol. The molecule has 3 N–H and O–H groups in total. The summed E-state index contributed by atoms with van der Waals surface area (Å²) in [5, 5.41) is 8.73. The van der Waals surface area contributed by atoms with Crippen LogP contribution in [0.5, 0.6) is 0 Å². The zero-order chi connectivity index (χ0) is 29.5. The molecule has 0 spiro atoms. The number of carbonyl (C=O) groups excluding carboxylic acids is 2. The number of alkyl halides is 3. The molecule has 220 valence electrons. The highest BCUT2D eigenvalue weighted by molar-refractivity contribution is 7.91. The molecule has 0 radical (unpaired) electrons. The zero-order valence-corrected chi connectivity index (χ0v) is 23.8. The van der Waals surface area contributed by atoms with Gasteiger partial charge in [-0.05, 0) is 75.6 Å². The van der Waals surface area contributed by atoms with Crippen molar-refractivity contribution in [3.8, 4) is 0 Å². The van der Waals surface area contributed by atoms with Crippen molar-refractivity contribution in [3.63, 3.8) is 0 Å². The molecule has 2 aromatic rings. The van der Waals surface area contributed by atoms with Crippen molar-refractivity contribution in [2.75, 3.05) is 21.7 Å². The number of nitrogens with one attached hydrogen (secondary N) is 3. The van der Waals surface area contributed by atoms with Crippen LogP contribution in [0.2, 0.25) is 0 Å². The highest BCUT2D eigenvalue weighted by Gasteiger charge is 2.41. The summed E-state index contributed by atoms with van der Waals surface area (Å²) >= 11 is 0. The fourth-order valence-corrected chi connectivity index (χ4v) is 5.57. The smallest absolute Gasteiger partial charge is 0.366 e. The molecule has 1 aliphatic carbocycles. The van der Waals surface area contributed by atoms with E-state index >= 15 is 0 Å². The largest absolute Gasteiger partial charge is 0.391 e. The third kappa shape index (κ3) is 9.21. The monoisotopic (exact) mass is 582 g/mol. The molecule has 1 heterocycles. The molecule has 0 atom stereocenters. The number of anilines is 3. The van der Waals surface area contributed by atoms with Crippen LogP contribution in [0.25, 0.3) is 0 Å². The van der Waals surface area contributed by atoms with Gasteiger partial charge in [-0.15, -0.1) is 0 Å². The molecule has 1 saturated carbocycles. The Bertz CT molecular complexity index is 1270. The number of aromatic nitrogens is 1. The standard InChI is InChI=1S/C28H37F3N4O4S/c1-4-40(38,39)23-12-7-19(8-13-23)9-14-25(36)34-22-16-24(27(32-17-22)33-18(2)3)35-26(37)15-20-5-10-21(11-6-20)28(29,30)31/h7-8,12-13,16-18,20-21H,4-6,9-11,14-15H2,1-3H3,(H,32,33)(H,34,36)(H,35,37). The van der Waals surface area contributed by atoms with E-state index in [1.807, 2.05) is 13.8 Å². The number of carbonyl (C=O) groups is 2. The van der Waals surface area contributed by atoms with Crippen molar-refractivity contribution >= 4 is 38.8 Å². The molecule has 0 unspecified atom stereocenters. The maximum atomic E-state index is 13.0. The Morgan fingerprint density at radius 3 is 2.25 bits per heavy atom. The number of hydrogen-bond acceptors (Lipinski definition) is 6. The Morgan fingerprint density at radius 2 is 1.68 bits per heavy atom. The summed E-state index contributed by atoms with van der Waals surface area (Å²) in [6.07, 6.45) is -1.29. The fraction of sp³-hybridized carbons (Fsp3) is 0.536. The second-order valence-electron chi connectivity index (χ2n) is 10.5. The molecule has 1 fully saturated rings. The van der Waals surface area contributed by atoms with Gasteiger partial charge < -0.3 is 16.0 Å². The Balaban J connectivity index is 1.59. The summed E-state index contributed by atoms with van der Waals surface area (Å²) < 4.78 is 62.8. The van der Waals surface area contributed by atoms with Gasteiger partial charge in [0.25, 0.3) is 0 Å². The van der Waals surface area contributed by atoms with Crippen molar-refractivity contribution < 1.29 is 31.2 Å². The van der Waals surface area contributed by atoms with Crippen LogP contribution >= 0.6 is 0 Å². The van der Waals surface area contributed by atoms with Gasteiger partial charge in [0.1, 0.15) is 5.82 Å². The van der Waals surface area contributed by atoms with E-state index < -0.39 is 21.9 Å². The van der Waals surface area contributed by atoms with Crippen molar-refractivity contribution in [1.29, 1.82) is 0 Å². The lowest BCUT2D eigenvalue weighted by Gasteiger charge is -2.29. The molecule has 0 aliphatic heterocycles. The second-order valence-corrected chi connectivity index (χ2v) is 12.8. The molecule has 3 rings (SSSR count). The van der Waals surface area contributed by atoms with Crippen LogP contribution in [0, 0.1) is 11.8 Å². The zero-order valence-electron chi connectivity index (χ0n) is 23.0. The van der Waals surface area contributed by atoms with E-state index in [1.54, 1.807) is 25.1 Å². The Kier molecular flexibility index (Phi) is 10.6. The Morgan fingerprint density at radius 1 is 1.02 bits per heavy atom. The molecule has 12 heteroatoms. The number of rotatable bonds is 11. The minimum Gasteiger partial charge on any atom is -0.366 e. The van der Waals surface area contributed by atoms with Gasteiger partial charge in [-0.2, -0.15) is 13.2 Å². The van der Waals surface area contributed by atoms with Gasteiger partial charge in [0.2, 0.25) is 11.8 Å². The quantitative estimate of drug-likeness (QED) is 0.301. The Labute approximate surface area is 233 Å². The van der Waals surface area contributed by atoms with Gasteiger partial charge in [0.15, 0.2) is 9.84 Å². The second kappa shape index (κ2) is 13.5. The number of halogens is 3. The number of sulfone groups is 1. The summed E-state index contributed by atoms with van der Waals surface area (Å²) in [7, 11) is -3.29. The van der Waals surface area contributed by atoms with E-state index in [9.17, 15) is 31.2 Å². The van der Waals surface area contributed by atoms with Gasteiger partial charge >= 0.3 is 6.18 Å². The van der Waals surface area contributed by atoms with Crippen molar-refractivity contribution in [3.05, 3.63) is 42.1 Å². The van der Waals surface area contributed by atoms with Crippen molar-refractivity contribution in [1.82, 2.24) is 4.98 Å². The van der Waals surface area contributed by atoms with Crippen LogP contribution in [0.15, 0.2) is 41.4 Å². The summed E-state index contributed by atoms with van der Waals surface area (Å²) in [6, 6.07) is 8.05. The SMILES string of the molecule is CCS(=O)(=O)c1ccc(CCC(=O)Nc2cnc(NC(C)C)c(NC(=O)CC3CCC(C(F)(F)F)CC3)c2)cc1. The average Bonchev–Trinajstić information content (AvgIpc) is 2.88. The lowest BCUT2D eigenvalue weighted by atomic mass is 9.80. The summed E-state index contributed by atoms with van der Waals surface area (Å²) in [5.74, 6) is -1.58. The van der Waals surface area contributed by atoms with Gasteiger partial charge in [-0.1, -0.05) is 19.1 Å². The van der Waals surface area contributed by atoms with Crippen LogP contribution in [0.3, 0.4) is 0 Å². The summed E-state index contributed by atoms with van der Waals surface area (Å²) in [5.41, 5.74) is 1.56. The molecule has 0 bridgehead atoms. The fourth-order valence-electron chi connectivity index (χ4n) is 4.69. The number of aryl methyl sites for hydroxylation is 1. The number of hydrogen-bond donors (Lipinski definition) is 3. The van der Waals surface area contributed by atoms with Crippen molar-refractivity contribution in [2.24, 2.45) is 11.8 Å². The topological polar surface area (TPSA) is 117 Å². The third-order valence-corrected chi connectivity index (χ3v) is 8.71. The van der Waals surface area contributed by atoms with Gasteiger partial charge in [0, 0.05) is 18.9 Å². The van der Waals surface area contributed by atoms with Gasteiger partial charge in [-0.25, -0.2) is 13.4 Å². The first-order chi connectivity index (χ1) is 18.8. The first-order valence-electron chi connectivity index (χ1n) is 13.5. The van der Waals surface area contributed by atoms with Gasteiger partial charge in [-0.3, -0.25) is 9.59 Å². The molecule has 1 aliphatic rings. The maximum absolute atomic E-state index is 13.0. The minimum absolute atomic E-state index is 0.0136. The predicted octanol–water partition coefficient (Wildman–Crippen LogP) is 5.96. The molecule has 0 saturated heterocycles. The molecule has 1 aromatic carbocycles. The molecular formula is C28H37F3N4O4S. The van der Waals surface area contributed by atoms with Crippen LogP contribution in [0.1, 0.15) is 64.9 Å². The molecule has 2 amide bonds. The van der Waals surface area contributed by atoms with E-state index in [2.05, 4.69) is 20.9 Å². The van der Waals surface area contributed by atoms with E-state index in [-0.39, 0.29) is 60.1 Å². The highest BCUT2D eigenvalue weighted by Crippen LogP contribution is 2.40. The van der Waals surface area contributed by atoms with Crippen LogP contribution in [-0.2, 0) is 25.8 Å². The first kappa shape index (κ1) is 31.4. The van der Waals surface area contributed by atoms with E-state index in [0.29, 0.717) is 36.5 Å². The number of benzene rings is 1. The average molecular weight is 583 g/mol. The highest BCUT2D eigenvalue weighted by atomic mass is 32.2. The maximum Gasteiger partial charge on any atom is 0.391 e. The lowest BCUT2D eigenvalue weighted by Crippen LogP contribution is -2.29. The third-order valence-electron chi connectivity index (χ3n) is 6.96. The molecule has 1 aromatic heterocycles. The van der Waals surface area contributed by atoms with Crippen LogP contribution < -0.4 is 16.0 Å².